The number of nitrogens with zero attached hydrogens (tertiary/aromatic N) is 2. The first-order valence-corrected chi connectivity index (χ1v) is 8.25. The van der Waals surface area contributed by atoms with Gasteiger partial charge in [0.25, 0.3) is 0 Å². The maximum Gasteiger partial charge on any atom is 0.407 e. The van der Waals surface area contributed by atoms with Crippen LogP contribution in [0.1, 0.15) is 32.9 Å². The van der Waals surface area contributed by atoms with Crippen molar-refractivity contribution >= 4 is 36.0 Å². The van der Waals surface area contributed by atoms with Gasteiger partial charge in [0.2, 0.25) is 5.88 Å². The number of aromatic nitrogens is 1. The fraction of sp³-hybridized carbons (Fsp3) is 0.588. The van der Waals surface area contributed by atoms with E-state index < -0.39 is 11.7 Å². The Bertz CT molecular complexity index is 576. The number of hydrogen-bond donors (Lipinski definition) is 3. The molecule has 1 amide bonds. The average Bonchev–Trinajstić information content (AvgIpc) is 2.56. The Kier molecular flexibility index (Phi) is 11.7. The smallest absolute Gasteiger partial charge is 0.407 e. The van der Waals surface area contributed by atoms with E-state index in [4.69, 9.17) is 9.47 Å². The molecule has 0 aliphatic heterocycles. The molecule has 0 aromatic carbocycles. The van der Waals surface area contributed by atoms with Gasteiger partial charge in [-0.3, -0.25) is 4.99 Å². The van der Waals surface area contributed by atoms with Crippen molar-refractivity contribution in [3.63, 3.8) is 0 Å². The lowest BCUT2D eigenvalue weighted by Gasteiger charge is -2.19. The van der Waals surface area contributed by atoms with Gasteiger partial charge < -0.3 is 25.4 Å². The van der Waals surface area contributed by atoms with E-state index in [1.54, 1.807) is 20.2 Å². The van der Waals surface area contributed by atoms with Gasteiger partial charge in [-0.05, 0) is 33.3 Å². The van der Waals surface area contributed by atoms with Crippen LogP contribution >= 0.6 is 24.0 Å². The number of amides is 1. The van der Waals surface area contributed by atoms with Gasteiger partial charge in [-0.25, -0.2) is 9.78 Å². The number of nitrogens with one attached hydrogen (secondary N) is 3. The molecule has 9 heteroatoms. The Morgan fingerprint density at radius 3 is 2.50 bits per heavy atom. The quantitative estimate of drug-likeness (QED) is 0.240. The van der Waals surface area contributed by atoms with Crippen LogP contribution in [0.25, 0.3) is 0 Å². The third-order valence-electron chi connectivity index (χ3n) is 2.97. The van der Waals surface area contributed by atoms with Crippen LogP contribution in [0.2, 0.25) is 0 Å². The van der Waals surface area contributed by atoms with Crippen molar-refractivity contribution in [2.24, 2.45) is 4.99 Å². The molecule has 3 N–H and O–H groups in total. The van der Waals surface area contributed by atoms with Gasteiger partial charge in [-0.1, -0.05) is 6.07 Å². The molecule has 0 saturated carbocycles. The number of carbonyl (C=O) groups is 1. The molecule has 26 heavy (non-hydrogen) atoms. The van der Waals surface area contributed by atoms with Gasteiger partial charge in [0.1, 0.15) is 5.60 Å². The summed E-state index contributed by atoms with van der Waals surface area (Å²) in [6.45, 7) is 7.23. The average molecular weight is 479 g/mol. The summed E-state index contributed by atoms with van der Waals surface area (Å²) >= 11 is 0. The minimum absolute atomic E-state index is 0. The SMILES string of the molecule is CN=C(NCCCNC(=O)OC(C)(C)C)NCc1cccc(OC)n1.I. The van der Waals surface area contributed by atoms with E-state index in [0.29, 0.717) is 31.5 Å². The molecule has 0 fully saturated rings. The number of guanidine groups is 1. The molecule has 0 aliphatic carbocycles. The molecule has 0 aliphatic rings. The topological polar surface area (TPSA) is 96.9 Å². The van der Waals surface area contributed by atoms with Crippen molar-refractivity contribution in [1.29, 1.82) is 0 Å². The van der Waals surface area contributed by atoms with Crippen LogP contribution in [0.4, 0.5) is 4.79 Å². The zero-order valence-electron chi connectivity index (χ0n) is 16.1. The maximum absolute atomic E-state index is 11.5. The summed E-state index contributed by atoms with van der Waals surface area (Å²) in [7, 11) is 3.29. The molecular weight excluding hydrogens is 449 g/mol. The molecule has 1 rings (SSSR count). The Balaban J connectivity index is 0.00000625. The first kappa shape index (κ1) is 24.2. The Morgan fingerprint density at radius 1 is 1.19 bits per heavy atom. The maximum atomic E-state index is 11.5. The van der Waals surface area contributed by atoms with Crippen molar-refractivity contribution in [3.8, 4) is 5.88 Å². The van der Waals surface area contributed by atoms with Gasteiger partial charge >= 0.3 is 6.09 Å². The highest BCUT2D eigenvalue weighted by molar-refractivity contribution is 14.0. The second-order valence-electron chi connectivity index (χ2n) is 6.31. The monoisotopic (exact) mass is 479 g/mol. The van der Waals surface area contributed by atoms with E-state index >= 15 is 0 Å². The first-order chi connectivity index (χ1) is 11.8. The lowest BCUT2D eigenvalue weighted by Crippen LogP contribution is -2.39. The largest absolute Gasteiger partial charge is 0.481 e. The van der Waals surface area contributed by atoms with Crippen LogP contribution in [0.15, 0.2) is 23.2 Å². The van der Waals surface area contributed by atoms with Crippen LogP contribution < -0.4 is 20.7 Å². The molecule has 1 aromatic heterocycles. The van der Waals surface area contributed by atoms with E-state index in [-0.39, 0.29) is 24.0 Å². The number of hydrogen-bond acceptors (Lipinski definition) is 5. The van der Waals surface area contributed by atoms with Crippen LogP contribution in [0.5, 0.6) is 5.88 Å². The van der Waals surface area contributed by atoms with Gasteiger partial charge in [0, 0.05) is 26.2 Å². The second-order valence-corrected chi connectivity index (χ2v) is 6.31. The number of alkyl carbamates (subject to hydrolysis) is 1. The number of ether oxygens (including phenoxy) is 2. The normalized spacial score (nSPS) is 11.2. The number of carbonyl (C=O) groups excluding carboxylic acids is 1. The number of methoxy groups -OCH3 is 1. The van der Waals surface area contributed by atoms with Crippen molar-refractivity contribution in [2.45, 2.75) is 39.3 Å². The summed E-state index contributed by atoms with van der Waals surface area (Å²) < 4.78 is 10.3. The van der Waals surface area contributed by atoms with Crippen LogP contribution in [0.3, 0.4) is 0 Å². The zero-order chi connectivity index (χ0) is 18.7. The minimum atomic E-state index is -0.484. The summed E-state index contributed by atoms with van der Waals surface area (Å²) in [5.41, 5.74) is 0.372. The van der Waals surface area contributed by atoms with Crippen molar-refractivity contribution in [1.82, 2.24) is 20.9 Å². The van der Waals surface area contributed by atoms with E-state index in [0.717, 1.165) is 12.1 Å². The molecule has 0 saturated heterocycles. The van der Waals surface area contributed by atoms with Gasteiger partial charge in [0.05, 0.1) is 19.3 Å². The van der Waals surface area contributed by atoms with E-state index in [1.165, 1.54) is 0 Å². The number of aliphatic imine (C=N–C) groups is 1. The third kappa shape index (κ3) is 11.0. The third-order valence-corrected chi connectivity index (χ3v) is 2.97. The van der Waals surface area contributed by atoms with Crippen molar-refractivity contribution in [3.05, 3.63) is 23.9 Å². The highest BCUT2D eigenvalue weighted by Crippen LogP contribution is 2.06. The summed E-state index contributed by atoms with van der Waals surface area (Å²) in [4.78, 5) is 20.0. The summed E-state index contributed by atoms with van der Waals surface area (Å²) in [6, 6.07) is 5.60. The van der Waals surface area contributed by atoms with Crippen LogP contribution in [0, 0.1) is 0 Å². The highest BCUT2D eigenvalue weighted by Gasteiger charge is 2.15. The molecule has 0 bridgehead atoms. The summed E-state index contributed by atoms with van der Waals surface area (Å²) in [5, 5.41) is 9.07. The molecule has 0 spiro atoms. The molecule has 0 atom stereocenters. The molecule has 148 valence electrons. The highest BCUT2D eigenvalue weighted by atomic mass is 127. The predicted molar refractivity (Wildman–Crippen MR) is 113 cm³/mol. The van der Waals surface area contributed by atoms with Gasteiger partial charge in [-0.15, -0.1) is 24.0 Å². The molecule has 8 nitrogen and oxygen atoms in total. The minimum Gasteiger partial charge on any atom is -0.481 e. The lowest BCUT2D eigenvalue weighted by molar-refractivity contribution is 0.0527. The number of halogens is 1. The van der Waals surface area contributed by atoms with Crippen molar-refractivity contribution < 1.29 is 14.3 Å². The van der Waals surface area contributed by atoms with E-state index in [9.17, 15) is 4.79 Å². The molecule has 1 aromatic rings. The van der Waals surface area contributed by atoms with E-state index in [1.807, 2.05) is 32.9 Å². The second kappa shape index (κ2) is 12.6. The van der Waals surface area contributed by atoms with Crippen molar-refractivity contribution in [2.75, 3.05) is 27.2 Å². The molecular formula is C17H30IN5O3. The standard InChI is InChI=1S/C17H29N5O3.HI/c1-17(2,3)25-16(23)20-11-7-10-19-15(18-4)21-12-13-8-6-9-14(22-13)24-5;/h6,8-9H,7,10-12H2,1-5H3,(H,20,23)(H2,18,19,21);1H. The van der Waals surface area contributed by atoms with E-state index in [2.05, 4.69) is 25.9 Å². The fourth-order valence-corrected chi connectivity index (χ4v) is 1.86. The lowest BCUT2D eigenvalue weighted by atomic mass is 10.2. The Morgan fingerprint density at radius 2 is 1.88 bits per heavy atom. The van der Waals surface area contributed by atoms with Gasteiger partial charge in [0.15, 0.2) is 5.96 Å². The molecule has 1 heterocycles. The van der Waals surface area contributed by atoms with Gasteiger partial charge in [-0.2, -0.15) is 0 Å². The Hall–Kier alpha value is -1.78. The molecule has 0 unspecified atom stereocenters. The Labute approximate surface area is 172 Å². The molecule has 0 radical (unpaired) electrons. The number of pyridine rings is 1. The zero-order valence-corrected chi connectivity index (χ0v) is 18.4. The summed E-state index contributed by atoms with van der Waals surface area (Å²) in [6.07, 6.45) is 0.344. The number of rotatable bonds is 7. The fourth-order valence-electron chi connectivity index (χ4n) is 1.86. The van der Waals surface area contributed by atoms with Crippen LogP contribution in [-0.2, 0) is 11.3 Å². The first-order valence-electron chi connectivity index (χ1n) is 8.25. The predicted octanol–water partition coefficient (Wildman–Crippen LogP) is 2.29. The van der Waals surface area contributed by atoms with Crippen LogP contribution in [-0.4, -0.2) is 49.9 Å². The summed E-state index contributed by atoms with van der Waals surface area (Å²) in [5.74, 6) is 1.25.